The lowest BCUT2D eigenvalue weighted by atomic mass is 10.2. The molecule has 0 aromatic heterocycles. The van der Waals surface area contributed by atoms with E-state index in [1.54, 1.807) is 24.3 Å². The fourth-order valence-electron chi connectivity index (χ4n) is 1.26. The molecule has 0 unspecified atom stereocenters. The van der Waals surface area contributed by atoms with Crippen molar-refractivity contribution in [1.29, 1.82) is 0 Å². The molecule has 0 bridgehead atoms. The van der Waals surface area contributed by atoms with E-state index < -0.39 is 0 Å². The van der Waals surface area contributed by atoms with Crippen molar-refractivity contribution >= 4 is 17.5 Å². The summed E-state index contributed by atoms with van der Waals surface area (Å²) in [6.45, 7) is 7.80. The normalized spacial score (nSPS) is 10.1. The monoisotopic (exact) mass is 253 g/mol. The Hall–Kier alpha value is -1.48. The first-order valence-corrected chi connectivity index (χ1v) is 5.77. The van der Waals surface area contributed by atoms with E-state index >= 15 is 0 Å². The third-order valence-corrected chi connectivity index (χ3v) is 2.26. The van der Waals surface area contributed by atoms with Crippen molar-refractivity contribution in [3.8, 4) is 5.75 Å². The highest BCUT2D eigenvalue weighted by Gasteiger charge is 2.09. The van der Waals surface area contributed by atoms with Gasteiger partial charge in [-0.05, 0) is 32.0 Å². The largest absolute Gasteiger partial charge is 0.489 e. The van der Waals surface area contributed by atoms with Crippen LogP contribution in [0, 0.1) is 0 Å². The average Bonchev–Trinajstić information content (AvgIpc) is 2.28. The predicted octanol–water partition coefficient (Wildman–Crippen LogP) is 3.04. The Morgan fingerprint density at radius 1 is 1.59 bits per heavy atom. The van der Waals surface area contributed by atoms with Crippen LogP contribution in [0.3, 0.4) is 0 Å². The summed E-state index contributed by atoms with van der Waals surface area (Å²) in [6, 6.07) is 4.98. The van der Waals surface area contributed by atoms with Gasteiger partial charge in [0.1, 0.15) is 5.75 Å². The number of hydrogen-bond donors (Lipinski definition) is 1. The van der Waals surface area contributed by atoms with Crippen molar-refractivity contribution < 1.29 is 9.53 Å². The second-order valence-electron chi connectivity index (χ2n) is 3.81. The van der Waals surface area contributed by atoms with Gasteiger partial charge in [0.15, 0.2) is 0 Å². The van der Waals surface area contributed by atoms with Gasteiger partial charge in [0.25, 0.3) is 5.91 Å². The number of carbonyl (C=O) groups excluding carboxylic acids is 1. The average molecular weight is 254 g/mol. The summed E-state index contributed by atoms with van der Waals surface area (Å²) in [5, 5.41) is 3.11. The lowest BCUT2D eigenvalue weighted by Crippen LogP contribution is -2.23. The fraction of sp³-hybridized carbons (Fsp3) is 0.308. The molecule has 0 fully saturated rings. The van der Waals surface area contributed by atoms with Gasteiger partial charge in [0, 0.05) is 12.1 Å². The maximum Gasteiger partial charge on any atom is 0.251 e. The van der Waals surface area contributed by atoms with Gasteiger partial charge in [-0.2, -0.15) is 0 Å². The van der Waals surface area contributed by atoms with E-state index in [0.717, 1.165) is 0 Å². The molecule has 1 aromatic rings. The second kappa shape index (κ2) is 6.30. The summed E-state index contributed by atoms with van der Waals surface area (Å²) >= 11 is 6.03. The van der Waals surface area contributed by atoms with Gasteiger partial charge in [-0.25, -0.2) is 0 Å². The van der Waals surface area contributed by atoms with Gasteiger partial charge in [-0.3, -0.25) is 4.79 Å². The van der Waals surface area contributed by atoms with Gasteiger partial charge in [0.05, 0.1) is 11.1 Å². The maximum absolute atomic E-state index is 11.6. The van der Waals surface area contributed by atoms with Crippen LogP contribution in [0.1, 0.15) is 24.2 Å². The minimum Gasteiger partial charge on any atom is -0.489 e. The van der Waals surface area contributed by atoms with E-state index in [4.69, 9.17) is 16.3 Å². The summed E-state index contributed by atoms with van der Waals surface area (Å²) in [5.74, 6) is 0.407. The molecule has 17 heavy (non-hydrogen) atoms. The smallest absolute Gasteiger partial charge is 0.251 e. The van der Waals surface area contributed by atoms with Crippen LogP contribution in [0.2, 0.25) is 5.02 Å². The molecule has 0 radical (unpaired) electrons. The van der Waals surface area contributed by atoms with Crippen LogP contribution >= 0.6 is 11.6 Å². The molecule has 4 heteroatoms. The molecule has 1 aromatic carbocycles. The van der Waals surface area contributed by atoms with E-state index in [2.05, 4.69) is 11.9 Å². The first-order chi connectivity index (χ1) is 8.04. The minimum absolute atomic E-state index is 0.0490. The van der Waals surface area contributed by atoms with E-state index in [1.165, 1.54) is 0 Å². The summed E-state index contributed by atoms with van der Waals surface area (Å²) in [7, 11) is 0. The lowest BCUT2D eigenvalue weighted by Gasteiger charge is -2.12. The molecule has 0 saturated carbocycles. The standard InChI is InChI=1S/C13H16ClNO2/c1-4-7-15-13(16)10-5-6-12(11(14)8-10)17-9(2)3/h4-6,8-9H,1,7H2,2-3H3,(H,15,16). The molecular formula is C13H16ClNO2. The zero-order chi connectivity index (χ0) is 12.8. The van der Waals surface area contributed by atoms with Gasteiger partial charge < -0.3 is 10.1 Å². The first-order valence-electron chi connectivity index (χ1n) is 5.40. The molecule has 0 spiro atoms. The van der Waals surface area contributed by atoms with Gasteiger partial charge in [0.2, 0.25) is 0 Å². The van der Waals surface area contributed by atoms with Crippen LogP contribution in [0.25, 0.3) is 0 Å². The van der Waals surface area contributed by atoms with Crippen LogP contribution in [0.4, 0.5) is 0 Å². The zero-order valence-corrected chi connectivity index (χ0v) is 10.8. The highest BCUT2D eigenvalue weighted by Crippen LogP contribution is 2.26. The number of amides is 1. The quantitative estimate of drug-likeness (QED) is 0.819. The molecule has 0 aliphatic carbocycles. The van der Waals surface area contributed by atoms with Crippen LogP contribution < -0.4 is 10.1 Å². The minimum atomic E-state index is -0.178. The third-order valence-electron chi connectivity index (χ3n) is 1.96. The summed E-state index contributed by atoms with van der Waals surface area (Å²) < 4.78 is 5.48. The number of benzene rings is 1. The second-order valence-corrected chi connectivity index (χ2v) is 4.22. The summed E-state index contributed by atoms with van der Waals surface area (Å²) in [5.41, 5.74) is 0.507. The summed E-state index contributed by atoms with van der Waals surface area (Å²) in [6.07, 6.45) is 1.67. The highest BCUT2D eigenvalue weighted by atomic mass is 35.5. The van der Waals surface area contributed by atoms with Crippen molar-refractivity contribution in [2.75, 3.05) is 6.54 Å². The molecular weight excluding hydrogens is 238 g/mol. The molecule has 92 valence electrons. The Bertz CT molecular complexity index is 416. The number of halogens is 1. The highest BCUT2D eigenvalue weighted by molar-refractivity contribution is 6.32. The van der Waals surface area contributed by atoms with Crippen molar-refractivity contribution in [2.45, 2.75) is 20.0 Å². The molecule has 0 saturated heterocycles. The third kappa shape index (κ3) is 4.11. The molecule has 0 heterocycles. The lowest BCUT2D eigenvalue weighted by molar-refractivity contribution is 0.0958. The number of rotatable bonds is 5. The topological polar surface area (TPSA) is 38.3 Å². The van der Waals surface area contributed by atoms with Crippen LogP contribution in [0.15, 0.2) is 30.9 Å². The van der Waals surface area contributed by atoms with Gasteiger partial charge >= 0.3 is 0 Å². The Balaban J connectivity index is 2.81. The maximum atomic E-state index is 11.6. The number of nitrogens with one attached hydrogen (secondary N) is 1. The number of carbonyl (C=O) groups is 1. The predicted molar refractivity (Wildman–Crippen MR) is 69.7 cm³/mol. The Labute approximate surface area is 106 Å². The van der Waals surface area contributed by atoms with Crippen LogP contribution in [-0.4, -0.2) is 18.6 Å². The molecule has 0 aliphatic rings. The van der Waals surface area contributed by atoms with Gasteiger partial charge in [-0.15, -0.1) is 6.58 Å². The fourth-order valence-corrected chi connectivity index (χ4v) is 1.48. The van der Waals surface area contributed by atoms with Crippen molar-refractivity contribution in [3.05, 3.63) is 41.4 Å². The Morgan fingerprint density at radius 3 is 2.82 bits per heavy atom. The van der Waals surface area contributed by atoms with Crippen LogP contribution in [0.5, 0.6) is 5.75 Å². The SMILES string of the molecule is C=CCNC(=O)c1ccc(OC(C)C)c(Cl)c1. The van der Waals surface area contributed by atoms with Crippen molar-refractivity contribution in [2.24, 2.45) is 0 Å². The van der Waals surface area contributed by atoms with E-state index in [9.17, 15) is 4.79 Å². The van der Waals surface area contributed by atoms with E-state index in [1.807, 2.05) is 13.8 Å². The zero-order valence-electron chi connectivity index (χ0n) is 10.00. The van der Waals surface area contributed by atoms with Crippen LogP contribution in [-0.2, 0) is 0 Å². The molecule has 1 rings (SSSR count). The molecule has 3 nitrogen and oxygen atoms in total. The Kier molecular flexibility index (Phi) is 5.04. The van der Waals surface area contributed by atoms with E-state index in [0.29, 0.717) is 22.9 Å². The molecule has 0 aliphatic heterocycles. The first kappa shape index (κ1) is 13.6. The van der Waals surface area contributed by atoms with E-state index in [-0.39, 0.29) is 12.0 Å². The molecule has 0 atom stereocenters. The van der Waals surface area contributed by atoms with Crippen molar-refractivity contribution in [3.63, 3.8) is 0 Å². The van der Waals surface area contributed by atoms with Gasteiger partial charge in [-0.1, -0.05) is 17.7 Å². The molecule has 1 N–H and O–H groups in total. The number of hydrogen-bond acceptors (Lipinski definition) is 2. The number of ether oxygens (including phenoxy) is 1. The molecule has 1 amide bonds. The summed E-state index contributed by atoms with van der Waals surface area (Å²) in [4.78, 5) is 11.6. The Morgan fingerprint density at radius 2 is 2.29 bits per heavy atom. The van der Waals surface area contributed by atoms with Crippen molar-refractivity contribution in [1.82, 2.24) is 5.32 Å².